The van der Waals surface area contributed by atoms with Gasteiger partial charge in [0, 0.05) is 21.3 Å². The summed E-state index contributed by atoms with van der Waals surface area (Å²) in [4.78, 5) is 11.9. The number of benzene rings is 2. The fourth-order valence-electron chi connectivity index (χ4n) is 1.48. The number of hydrogen-bond donors (Lipinski definition) is 2. The lowest BCUT2D eigenvalue weighted by Gasteiger charge is -2.06. The van der Waals surface area contributed by atoms with Crippen LogP contribution in [0, 0.1) is 0 Å². The second kappa shape index (κ2) is 5.29. The first-order valence-corrected chi connectivity index (χ1v) is 5.87. The van der Waals surface area contributed by atoms with E-state index in [1.807, 2.05) is 0 Å². The Hall–Kier alpha value is -1.71. The summed E-state index contributed by atoms with van der Waals surface area (Å²) in [5.74, 6) is -0.309. The Balaban J connectivity index is 2.21. The van der Waals surface area contributed by atoms with Gasteiger partial charge in [-0.3, -0.25) is 4.79 Å². The van der Waals surface area contributed by atoms with Crippen molar-refractivity contribution in [1.29, 1.82) is 0 Å². The molecule has 18 heavy (non-hydrogen) atoms. The molecule has 0 bridgehead atoms. The fourth-order valence-corrected chi connectivity index (χ4v) is 2.00. The largest absolute Gasteiger partial charge is 0.508 e. The van der Waals surface area contributed by atoms with Crippen molar-refractivity contribution in [3.8, 4) is 5.75 Å². The summed E-state index contributed by atoms with van der Waals surface area (Å²) >= 11 is 11.7. The van der Waals surface area contributed by atoms with Gasteiger partial charge in [0.05, 0.1) is 0 Å². The van der Waals surface area contributed by atoms with Crippen molar-refractivity contribution >= 4 is 34.8 Å². The van der Waals surface area contributed by atoms with Crippen LogP contribution in [-0.4, -0.2) is 11.0 Å². The van der Waals surface area contributed by atoms with Crippen LogP contribution < -0.4 is 5.32 Å². The Bertz CT molecular complexity index is 579. The molecule has 0 aliphatic carbocycles. The minimum absolute atomic E-state index is 0.0341. The highest BCUT2D eigenvalue weighted by atomic mass is 35.5. The predicted octanol–water partition coefficient (Wildman–Crippen LogP) is 3.95. The number of halogens is 2. The van der Waals surface area contributed by atoms with E-state index in [1.165, 1.54) is 12.1 Å². The number of hydrogen-bond acceptors (Lipinski definition) is 2. The van der Waals surface area contributed by atoms with Gasteiger partial charge in [-0.1, -0.05) is 29.3 Å². The second-order valence-electron chi connectivity index (χ2n) is 3.66. The Morgan fingerprint density at radius 2 is 1.72 bits per heavy atom. The summed E-state index contributed by atoms with van der Waals surface area (Å²) in [5, 5.41) is 12.8. The van der Waals surface area contributed by atoms with E-state index in [-0.39, 0.29) is 11.7 Å². The minimum Gasteiger partial charge on any atom is -0.508 e. The normalized spacial score (nSPS) is 10.1. The molecule has 2 N–H and O–H groups in total. The molecular weight excluding hydrogens is 273 g/mol. The molecule has 0 aromatic heterocycles. The van der Waals surface area contributed by atoms with E-state index < -0.39 is 0 Å². The summed E-state index contributed by atoms with van der Waals surface area (Å²) in [5.41, 5.74) is 0.854. The summed E-state index contributed by atoms with van der Waals surface area (Å²) in [6.45, 7) is 0. The van der Waals surface area contributed by atoms with Gasteiger partial charge in [0.1, 0.15) is 5.75 Å². The zero-order chi connectivity index (χ0) is 13.1. The first-order valence-electron chi connectivity index (χ1n) is 5.11. The highest BCUT2D eigenvalue weighted by Gasteiger charge is 2.07. The van der Waals surface area contributed by atoms with Gasteiger partial charge in [-0.15, -0.1) is 0 Å². The van der Waals surface area contributed by atoms with Gasteiger partial charge in [0.2, 0.25) is 0 Å². The molecule has 5 heteroatoms. The molecule has 0 heterocycles. The summed E-state index contributed by atoms with van der Waals surface area (Å²) in [6, 6.07) is 10.8. The van der Waals surface area contributed by atoms with Crippen LogP contribution in [0.4, 0.5) is 5.69 Å². The average Bonchev–Trinajstić information content (AvgIpc) is 2.27. The number of rotatable bonds is 2. The number of aromatic hydroxyl groups is 1. The number of anilines is 1. The number of carbonyl (C=O) groups is 1. The molecule has 2 rings (SSSR count). The molecule has 3 nitrogen and oxygen atoms in total. The Labute approximate surface area is 114 Å². The first kappa shape index (κ1) is 12.7. The molecule has 2 aromatic rings. The van der Waals surface area contributed by atoms with Crippen LogP contribution in [0.2, 0.25) is 10.0 Å². The third kappa shape index (κ3) is 3.15. The van der Waals surface area contributed by atoms with Crippen LogP contribution in [0.1, 0.15) is 10.4 Å². The quantitative estimate of drug-likeness (QED) is 0.876. The highest BCUT2D eigenvalue weighted by molar-refractivity contribution is 6.35. The fraction of sp³-hybridized carbons (Fsp3) is 0. The molecule has 0 unspecified atom stereocenters. The number of nitrogens with one attached hydrogen (secondary N) is 1. The molecule has 0 atom stereocenters. The Morgan fingerprint density at radius 1 is 1.06 bits per heavy atom. The minimum atomic E-state index is -0.343. The van der Waals surface area contributed by atoms with Gasteiger partial charge < -0.3 is 10.4 Å². The maximum atomic E-state index is 11.9. The lowest BCUT2D eigenvalue weighted by atomic mass is 10.2. The maximum Gasteiger partial charge on any atom is 0.255 e. The predicted molar refractivity (Wildman–Crippen MR) is 72.5 cm³/mol. The van der Waals surface area contributed by atoms with Crippen molar-refractivity contribution in [1.82, 2.24) is 0 Å². The van der Waals surface area contributed by atoms with Crippen LogP contribution in [0.3, 0.4) is 0 Å². The number of carbonyl (C=O) groups excluding carboxylic acids is 1. The lowest BCUT2D eigenvalue weighted by molar-refractivity contribution is 0.102. The monoisotopic (exact) mass is 281 g/mol. The van der Waals surface area contributed by atoms with E-state index in [4.69, 9.17) is 23.2 Å². The van der Waals surface area contributed by atoms with Crippen molar-refractivity contribution in [2.24, 2.45) is 0 Å². The molecule has 2 aromatic carbocycles. The van der Waals surface area contributed by atoms with Crippen LogP contribution in [0.25, 0.3) is 0 Å². The molecule has 0 spiro atoms. The van der Waals surface area contributed by atoms with Crippen LogP contribution in [0.15, 0.2) is 42.5 Å². The van der Waals surface area contributed by atoms with Crippen molar-refractivity contribution in [2.45, 2.75) is 0 Å². The topological polar surface area (TPSA) is 49.3 Å². The number of amides is 1. The Morgan fingerprint density at radius 3 is 2.33 bits per heavy atom. The van der Waals surface area contributed by atoms with Crippen LogP contribution >= 0.6 is 23.2 Å². The van der Waals surface area contributed by atoms with Gasteiger partial charge in [-0.05, 0) is 36.4 Å². The molecule has 1 amide bonds. The first-order chi connectivity index (χ1) is 8.54. The smallest absolute Gasteiger partial charge is 0.255 e. The SMILES string of the molecule is O=C(Nc1cc(Cl)cc(Cl)c1)c1cccc(O)c1. The van der Waals surface area contributed by atoms with Crippen molar-refractivity contribution in [3.63, 3.8) is 0 Å². The summed E-state index contributed by atoms with van der Waals surface area (Å²) in [6.07, 6.45) is 0. The molecular formula is C13H9Cl2NO2. The van der Waals surface area contributed by atoms with Gasteiger partial charge in [0.25, 0.3) is 5.91 Å². The van der Waals surface area contributed by atoms with E-state index in [2.05, 4.69) is 5.32 Å². The van der Waals surface area contributed by atoms with Crippen molar-refractivity contribution < 1.29 is 9.90 Å². The second-order valence-corrected chi connectivity index (χ2v) is 4.54. The van der Waals surface area contributed by atoms with Crippen LogP contribution in [-0.2, 0) is 0 Å². The summed E-state index contributed by atoms with van der Waals surface area (Å²) in [7, 11) is 0. The van der Waals surface area contributed by atoms with Gasteiger partial charge in [-0.25, -0.2) is 0 Å². The molecule has 0 aliphatic heterocycles. The van der Waals surface area contributed by atoms with Crippen molar-refractivity contribution in [3.05, 3.63) is 58.1 Å². The lowest BCUT2D eigenvalue weighted by Crippen LogP contribution is -2.11. The zero-order valence-corrected chi connectivity index (χ0v) is 10.7. The molecule has 0 saturated carbocycles. The third-order valence-corrected chi connectivity index (χ3v) is 2.67. The van der Waals surface area contributed by atoms with E-state index in [0.717, 1.165) is 0 Å². The van der Waals surface area contributed by atoms with E-state index in [1.54, 1.807) is 30.3 Å². The Kier molecular flexibility index (Phi) is 3.75. The van der Waals surface area contributed by atoms with Gasteiger partial charge in [0.15, 0.2) is 0 Å². The van der Waals surface area contributed by atoms with Crippen LogP contribution in [0.5, 0.6) is 5.75 Å². The molecule has 0 aliphatic rings. The zero-order valence-electron chi connectivity index (χ0n) is 9.15. The third-order valence-electron chi connectivity index (χ3n) is 2.23. The average molecular weight is 282 g/mol. The van der Waals surface area contributed by atoms with Gasteiger partial charge in [-0.2, -0.15) is 0 Å². The van der Waals surface area contributed by atoms with Gasteiger partial charge >= 0.3 is 0 Å². The van der Waals surface area contributed by atoms with Crippen molar-refractivity contribution in [2.75, 3.05) is 5.32 Å². The maximum absolute atomic E-state index is 11.9. The summed E-state index contributed by atoms with van der Waals surface area (Å²) < 4.78 is 0. The standard InChI is InChI=1S/C13H9Cl2NO2/c14-9-5-10(15)7-11(6-9)16-13(18)8-2-1-3-12(17)4-8/h1-7,17H,(H,16,18). The van der Waals surface area contributed by atoms with E-state index >= 15 is 0 Å². The highest BCUT2D eigenvalue weighted by Crippen LogP contribution is 2.23. The number of phenolic OH excluding ortho intramolecular Hbond substituents is 1. The molecule has 92 valence electrons. The van der Waals surface area contributed by atoms with E-state index in [9.17, 15) is 9.90 Å². The molecule has 0 radical (unpaired) electrons. The molecule has 0 fully saturated rings. The number of phenols is 1. The van der Waals surface area contributed by atoms with E-state index in [0.29, 0.717) is 21.3 Å². The molecule has 0 saturated heterocycles.